The van der Waals surface area contributed by atoms with Crippen molar-refractivity contribution in [2.45, 2.75) is 19.3 Å². The zero-order valence-corrected chi connectivity index (χ0v) is 11.3. The minimum absolute atomic E-state index is 0.0900. The summed E-state index contributed by atoms with van der Waals surface area (Å²) in [4.78, 5) is 11.8. The first kappa shape index (κ1) is 13.6. The third-order valence-electron chi connectivity index (χ3n) is 3.18. The Morgan fingerprint density at radius 3 is 2.74 bits per heavy atom. The minimum atomic E-state index is -0.0900. The number of nitrogens with zero attached hydrogens (tertiary/aromatic N) is 1. The van der Waals surface area contributed by atoms with Crippen LogP contribution in [0.25, 0.3) is 6.08 Å². The summed E-state index contributed by atoms with van der Waals surface area (Å²) in [5.74, 6) is 0.678. The van der Waals surface area contributed by atoms with Gasteiger partial charge in [0.05, 0.1) is 7.11 Å². The van der Waals surface area contributed by atoms with E-state index in [9.17, 15) is 4.79 Å². The fourth-order valence-electron chi connectivity index (χ4n) is 2.17. The van der Waals surface area contributed by atoms with Crippen molar-refractivity contribution in [3.63, 3.8) is 0 Å². The number of ether oxygens (including phenoxy) is 1. The lowest BCUT2D eigenvalue weighted by Gasteiger charge is -2.26. The molecule has 0 aromatic heterocycles. The van der Waals surface area contributed by atoms with Gasteiger partial charge in [0.15, 0.2) is 0 Å². The van der Waals surface area contributed by atoms with Crippen LogP contribution in [-0.4, -0.2) is 31.1 Å². The van der Waals surface area contributed by atoms with Crippen molar-refractivity contribution < 1.29 is 9.53 Å². The van der Waals surface area contributed by atoms with Crippen LogP contribution in [-0.2, 0) is 4.79 Å². The number of nitrogens with one attached hydrogen (secondary N) is 1. The summed E-state index contributed by atoms with van der Waals surface area (Å²) < 4.78 is 5.23. The van der Waals surface area contributed by atoms with Crippen LogP contribution in [0.1, 0.15) is 24.8 Å². The summed E-state index contributed by atoms with van der Waals surface area (Å²) in [5.41, 5.74) is 3.80. The number of benzene rings is 1. The maximum absolute atomic E-state index is 11.8. The molecule has 0 radical (unpaired) electrons. The van der Waals surface area contributed by atoms with E-state index in [0.29, 0.717) is 0 Å². The molecule has 1 heterocycles. The predicted octanol–water partition coefficient (Wildman–Crippen LogP) is 2.23. The van der Waals surface area contributed by atoms with E-state index in [-0.39, 0.29) is 5.91 Å². The zero-order valence-electron chi connectivity index (χ0n) is 11.3. The van der Waals surface area contributed by atoms with E-state index in [1.54, 1.807) is 19.3 Å². The fourth-order valence-corrected chi connectivity index (χ4v) is 2.17. The monoisotopic (exact) mass is 260 g/mol. The van der Waals surface area contributed by atoms with Gasteiger partial charge in [0.2, 0.25) is 0 Å². The summed E-state index contributed by atoms with van der Waals surface area (Å²) in [7, 11) is 1.63. The number of hydrogen-bond donors (Lipinski definition) is 1. The van der Waals surface area contributed by atoms with Crippen LogP contribution in [0.2, 0.25) is 0 Å². The fraction of sp³-hybridized carbons (Fsp3) is 0.400. The lowest BCUT2D eigenvalue weighted by molar-refractivity contribution is -0.121. The van der Waals surface area contributed by atoms with Gasteiger partial charge in [-0.25, -0.2) is 5.01 Å². The highest BCUT2D eigenvalue weighted by Crippen LogP contribution is 2.18. The van der Waals surface area contributed by atoms with Crippen molar-refractivity contribution in [3.05, 3.63) is 35.9 Å². The number of carbonyl (C=O) groups is 1. The molecule has 0 spiro atoms. The average Bonchev–Trinajstić information content (AvgIpc) is 2.46. The van der Waals surface area contributed by atoms with Gasteiger partial charge < -0.3 is 4.74 Å². The summed E-state index contributed by atoms with van der Waals surface area (Å²) in [6.45, 7) is 1.88. The molecule has 1 amide bonds. The molecule has 0 atom stereocenters. The Balaban J connectivity index is 1.92. The topological polar surface area (TPSA) is 41.6 Å². The second-order valence-corrected chi connectivity index (χ2v) is 4.60. The summed E-state index contributed by atoms with van der Waals surface area (Å²) in [6, 6.07) is 7.63. The maximum atomic E-state index is 11.8. The first-order valence-electron chi connectivity index (χ1n) is 6.66. The lowest BCUT2D eigenvalue weighted by Crippen LogP contribution is -2.44. The summed E-state index contributed by atoms with van der Waals surface area (Å²) >= 11 is 0. The molecule has 1 N–H and O–H groups in total. The number of para-hydroxylation sites is 1. The Morgan fingerprint density at radius 1 is 1.26 bits per heavy atom. The van der Waals surface area contributed by atoms with Crippen molar-refractivity contribution in [2.75, 3.05) is 20.2 Å². The molecule has 0 bridgehead atoms. The average molecular weight is 260 g/mol. The molecular weight excluding hydrogens is 240 g/mol. The molecule has 0 unspecified atom stereocenters. The van der Waals surface area contributed by atoms with Crippen LogP contribution >= 0.6 is 0 Å². The van der Waals surface area contributed by atoms with Crippen LogP contribution < -0.4 is 10.2 Å². The van der Waals surface area contributed by atoms with Gasteiger partial charge in [-0.1, -0.05) is 24.6 Å². The maximum Gasteiger partial charge on any atom is 0.258 e. The first-order valence-corrected chi connectivity index (χ1v) is 6.66. The van der Waals surface area contributed by atoms with Gasteiger partial charge in [-0.15, -0.1) is 0 Å². The van der Waals surface area contributed by atoms with E-state index in [2.05, 4.69) is 5.43 Å². The number of hydrogen-bond acceptors (Lipinski definition) is 3. The Labute approximate surface area is 114 Å². The van der Waals surface area contributed by atoms with Gasteiger partial charge in [0.25, 0.3) is 5.91 Å². The summed E-state index contributed by atoms with van der Waals surface area (Å²) in [5, 5.41) is 1.98. The van der Waals surface area contributed by atoms with Gasteiger partial charge >= 0.3 is 0 Å². The van der Waals surface area contributed by atoms with Crippen molar-refractivity contribution in [1.82, 2.24) is 10.4 Å². The second kappa shape index (κ2) is 6.95. The molecular formula is C15H20N2O2. The lowest BCUT2D eigenvalue weighted by atomic mass is 10.2. The van der Waals surface area contributed by atoms with Crippen molar-refractivity contribution >= 4 is 12.0 Å². The molecule has 1 aliphatic heterocycles. The number of carbonyl (C=O) groups excluding carboxylic acids is 1. The van der Waals surface area contributed by atoms with Gasteiger partial charge in [0.1, 0.15) is 5.75 Å². The van der Waals surface area contributed by atoms with Crippen LogP contribution in [0.5, 0.6) is 5.75 Å². The molecule has 4 heteroatoms. The largest absolute Gasteiger partial charge is 0.496 e. The first-order chi connectivity index (χ1) is 9.29. The molecule has 0 aliphatic carbocycles. The van der Waals surface area contributed by atoms with E-state index in [1.807, 2.05) is 29.3 Å². The highest BCUT2D eigenvalue weighted by molar-refractivity contribution is 5.91. The Bertz CT molecular complexity index is 451. The normalized spacial score (nSPS) is 16.5. The van der Waals surface area contributed by atoms with E-state index in [0.717, 1.165) is 37.2 Å². The van der Waals surface area contributed by atoms with E-state index >= 15 is 0 Å². The predicted molar refractivity (Wildman–Crippen MR) is 75.6 cm³/mol. The van der Waals surface area contributed by atoms with Gasteiger partial charge in [-0.3, -0.25) is 10.2 Å². The van der Waals surface area contributed by atoms with Gasteiger partial charge in [0, 0.05) is 24.7 Å². The molecule has 1 aromatic rings. The molecule has 1 aromatic carbocycles. The molecule has 102 valence electrons. The highest BCUT2D eigenvalue weighted by Gasteiger charge is 2.10. The third-order valence-corrected chi connectivity index (χ3v) is 3.18. The van der Waals surface area contributed by atoms with Crippen molar-refractivity contribution in [2.24, 2.45) is 0 Å². The number of rotatable bonds is 4. The molecule has 2 rings (SSSR count). The highest BCUT2D eigenvalue weighted by atomic mass is 16.5. The number of amides is 1. The smallest absolute Gasteiger partial charge is 0.258 e. The number of piperidine rings is 1. The molecule has 4 nitrogen and oxygen atoms in total. The van der Waals surface area contributed by atoms with Crippen LogP contribution in [0.3, 0.4) is 0 Å². The Morgan fingerprint density at radius 2 is 2.00 bits per heavy atom. The minimum Gasteiger partial charge on any atom is -0.496 e. The molecule has 1 aliphatic rings. The van der Waals surface area contributed by atoms with Crippen LogP contribution in [0.15, 0.2) is 30.3 Å². The van der Waals surface area contributed by atoms with Crippen molar-refractivity contribution in [3.8, 4) is 5.75 Å². The number of methoxy groups -OCH3 is 1. The molecule has 1 fully saturated rings. The van der Waals surface area contributed by atoms with E-state index in [1.165, 1.54) is 6.42 Å². The third kappa shape index (κ3) is 4.10. The molecule has 0 saturated carbocycles. The Kier molecular flexibility index (Phi) is 4.98. The second-order valence-electron chi connectivity index (χ2n) is 4.60. The van der Waals surface area contributed by atoms with Crippen LogP contribution in [0.4, 0.5) is 0 Å². The van der Waals surface area contributed by atoms with E-state index in [4.69, 9.17) is 4.74 Å². The zero-order chi connectivity index (χ0) is 13.5. The SMILES string of the molecule is COc1ccccc1/C=C/C(=O)NN1CCCCC1. The van der Waals surface area contributed by atoms with Crippen molar-refractivity contribution in [1.29, 1.82) is 0 Å². The quantitative estimate of drug-likeness (QED) is 0.844. The molecule has 1 saturated heterocycles. The standard InChI is InChI=1S/C15H20N2O2/c1-19-14-8-4-3-7-13(14)9-10-15(18)16-17-11-5-2-6-12-17/h3-4,7-10H,2,5-6,11-12H2,1H3,(H,16,18)/b10-9+. The van der Waals surface area contributed by atoms with E-state index < -0.39 is 0 Å². The van der Waals surface area contributed by atoms with Crippen LogP contribution in [0, 0.1) is 0 Å². The summed E-state index contributed by atoms with van der Waals surface area (Å²) in [6.07, 6.45) is 6.88. The Hall–Kier alpha value is -1.81. The van der Waals surface area contributed by atoms with Gasteiger partial charge in [-0.05, 0) is 25.0 Å². The number of hydrazine groups is 1. The van der Waals surface area contributed by atoms with Gasteiger partial charge in [-0.2, -0.15) is 0 Å². The molecule has 19 heavy (non-hydrogen) atoms.